The number of fused-ring (bicyclic) bond motifs is 1. The molecule has 10 nitrogen and oxygen atoms in total. The van der Waals surface area contributed by atoms with Crippen molar-refractivity contribution >= 4 is 27.5 Å². The number of hydrogen-bond acceptors (Lipinski definition) is 7. The van der Waals surface area contributed by atoms with Crippen molar-refractivity contribution in [2.24, 2.45) is 0 Å². The molecule has 1 heterocycles. The topological polar surface area (TPSA) is 114 Å². The Hall–Kier alpha value is -4.32. The van der Waals surface area contributed by atoms with Crippen LogP contribution < -0.4 is 23.8 Å². The van der Waals surface area contributed by atoms with E-state index in [1.54, 1.807) is 31.2 Å². The maximum atomic E-state index is 14.0. The predicted molar refractivity (Wildman–Crippen MR) is 155 cm³/mol. The molecule has 0 saturated heterocycles. The molecule has 3 aromatic rings. The Labute approximate surface area is 245 Å². The summed E-state index contributed by atoms with van der Waals surface area (Å²) < 4.78 is 59.0. The molecule has 0 aromatic heterocycles. The highest BCUT2D eigenvalue weighted by Gasteiger charge is 2.33. The van der Waals surface area contributed by atoms with Crippen LogP contribution in [0, 0.1) is 5.82 Å². The van der Waals surface area contributed by atoms with Crippen LogP contribution in [0.1, 0.15) is 25.8 Å². The van der Waals surface area contributed by atoms with Crippen molar-refractivity contribution in [3.8, 4) is 17.2 Å². The van der Waals surface area contributed by atoms with E-state index in [4.69, 9.17) is 14.2 Å². The number of nitrogens with one attached hydrogen (secondary N) is 1. The summed E-state index contributed by atoms with van der Waals surface area (Å²) in [7, 11) is -2.82. The molecular weight excluding hydrogens is 565 g/mol. The maximum Gasteiger partial charge on any atom is 0.264 e. The minimum absolute atomic E-state index is 0.0326. The van der Waals surface area contributed by atoms with Crippen LogP contribution >= 0.6 is 0 Å². The number of nitrogens with zero attached hydrogens (tertiary/aromatic N) is 2. The first kappa shape index (κ1) is 30.6. The molecule has 0 radical (unpaired) electrons. The minimum Gasteiger partial charge on any atom is -0.497 e. The van der Waals surface area contributed by atoms with Gasteiger partial charge in [0.1, 0.15) is 37.4 Å². The lowest BCUT2D eigenvalue weighted by molar-refractivity contribution is -0.139. The van der Waals surface area contributed by atoms with Gasteiger partial charge in [0.25, 0.3) is 10.0 Å². The van der Waals surface area contributed by atoms with E-state index in [0.29, 0.717) is 36.6 Å². The second kappa shape index (κ2) is 13.6. The number of methoxy groups -OCH3 is 1. The van der Waals surface area contributed by atoms with Crippen molar-refractivity contribution in [1.82, 2.24) is 10.2 Å². The molecule has 0 bridgehead atoms. The Bertz CT molecular complexity index is 1500. The number of carbonyl (C=O) groups is 2. The van der Waals surface area contributed by atoms with Crippen molar-refractivity contribution in [2.45, 2.75) is 37.8 Å². The van der Waals surface area contributed by atoms with Gasteiger partial charge in [0.05, 0.1) is 17.7 Å². The lowest BCUT2D eigenvalue weighted by Gasteiger charge is -2.32. The molecule has 4 rings (SSSR count). The third kappa shape index (κ3) is 7.11. The summed E-state index contributed by atoms with van der Waals surface area (Å²) in [6, 6.07) is 15.0. The van der Waals surface area contributed by atoms with E-state index >= 15 is 0 Å². The molecule has 12 heteroatoms. The van der Waals surface area contributed by atoms with Gasteiger partial charge in [0.15, 0.2) is 11.5 Å². The molecular formula is C30H34FN3O7S. The van der Waals surface area contributed by atoms with Crippen molar-refractivity contribution < 1.29 is 36.6 Å². The van der Waals surface area contributed by atoms with Gasteiger partial charge in [-0.1, -0.05) is 19.1 Å². The molecule has 42 heavy (non-hydrogen) atoms. The van der Waals surface area contributed by atoms with E-state index < -0.39 is 34.3 Å². The second-order valence-electron chi connectivity index (χ2n) is 9.63. The number of ether oxygens (including phenoxy) is 3. The quantitative estimate of drug-likeness (QED) is 0.337. The highest BCUT2D eigenvalue weighted by Crippen LogP contribution is 2.34. The van der Waals surface area contributed by atoms with Crippen molar-refractivity contribution in [1.29, 1.82) is 0 Å². The number of hydrogen-bond donors (Lipinski definition) is 1. The molecule has 0 fully saturated rings. The highest BCUT2D eigenvalue weighted by molar-refractivity contribution is 7.92. The standard InChI is InChI=1S/C30H34FN3O7S/c1-4-15-32-30(36)21(2)33(19-22-5-11-25(39-3)12-6-22)29(35)20-34(24-9-7-23(31)8-10-24)42(37,38)26-13-14-27-28(18-26)41-17-16-40-27/h5-14,18,21H,4,15-17,19-20H2,1-3H3,(H,32,36)/t21-/m1/s1. The number of anilines is 1. The third-order valence-corrected chi connectivity index (χ3v) is 8.49. The second-order valence-corrected chi connectivity index (χ2v) is 11.5. The summed E-state index contributed by atoms with van der Waals surface area (Å²) in [5.41, 5.74) is 0.787. The van der Waals surface area contributed by atoms with E-state index in [-0.39, 0.29) is 35.4 Å². The van der Waals surface area contributed by atoms with Crippen LogP contribution in [0.15, 0.2) is 71.6 Å². The molecule has 224 valence electrons. The lowest BCUT2D eigenvalue weighted by atomic mass is 10.1. The number of rotatable bonds is 12. The summed E-state index contributed by atoms with van der Waals surface area (Å²) in [4.78, 5) is 28.1. The van der Waals surface area contributed by atoms with Crippen LogP contribution in [0.5, 0.6) is 17.2 Å². The lowest BCUT2D eigenvalue weighted by Crippen LogP contribution is -2.51. The molecule has 0 spiro atoms. The third-order valence-electron chi connectivity index (χ3n) is 6.72. The van der Waals surface area contributed by atoms with Crippen LogP contribution in [-0.2, 0) is 26.2 Å². The summed E-state index contributed by atoms with van der Waals surface area (Å²) >= 11 is 0. The zero-order valence-electron chi connectivity index (χ0n) is 23.7. The van der Waals surface area contributed by atoms with Gasteiger partial charge in [0, 0.05) is 19.2 Å². The van der Waals surface area contributed by atoms with Gasteiger partial charge in [-0.2, -0.15) is 0 Å². The maximum absolute atomic E-state index is 14.0. The fourth-order valence-corrected chi connectivity index (χ4v) is 5.78. The molecule has 0 saturated carbocycles. The van der Waals surface area contributed by atoms with Crippen LogP contribution in [0.25, 0.3) is 0 Å². The van der Waals surface area contributed by atoms with Gasteiger partial charge in [-0.3, -0.25) is 13.9 Å². The smallest absolute Gasteiger partial charge is 0.264 e. The first-order valence-electron chi connectivity index (χ1n) is 13.5. The molecule has 1 N–H and O–H groups in total. The van der Waals surface area contributed by atoms with Crippen LogP contribution in [0.2, 0.25) is 0 Å². The average Bonchev–Trinajstić information content (AvgIpc) is 3.01. The van der Waals surface area contributed by atoms with E-state index in [1.807, 2.05) is 6.92 Å². The Kier molecular flexibility index (Phi) is 9.89. The number of sulfonamides is 1. The summed E-state index contributed by atoms with van der Waals surface area (Å²) in [5, 5.41) is 2.80. The Morgan fingerprint density at radius 3 is 2.31 bits per heavy atom. The SMILES string of the molecule is CCCNC(=O)[C@@H](C)N(Cc1ccc(OC)cc1)C(=O)CN(c1ccc(F)cc1)S(=O)(=O)c1ccc2c(c1)OCCO2. The molecule has 1 atom stereocenters. The highest BCUT2D eigenvalue weighted by atomic mass is 32.2. The number of carbonyl (C=O) groups excluding carboxylic acids is 2. The minimum atomic E-state index is -4.36. The summed E-state index contributed by atoms with van der Waals surface area (Å²) in [6.45, 7) is 3.90. The van der Waals surface area contributed by atoms with Crippen LogP contribution in [0.3, 0.4) is 0 Å². The Balaban J connectivity index is 1.70. The van der Waals surface area contributed by atoms with E-state index in [2.05, 4.69) is 5.32 Å². The van der Waals surface area contributed by atoms with Gasteiger partial charge < -0.3 is 24.4 Å². The molecule has 1 aliphatic heterocycles. The number of amides is 2. The van der Waals surface area contributed by atoms with Crippen molar-refractivity contribution in [3.05, 3.63) is 78.1 Å². The van der Waals surface area contributed by atoms with Crippen LogP contribution in [-0.4, -0.2) is 64.6 Å². The van der Waals surface area contributed by atoms with E-state index in [9.17, 15) is 22.4 Å². The van der Waals surface area contributed by atoms with Crippen molar-refractivity contribution in [2.75, 3.05) is 37.7 Å². The Morgan fingerprint density at radius 1 is 1.00 bits per heavy atom. The monoisotopic (exact) mass is 599 g/mol. The number of halogens is 1. The predicted octanol–water partition coefficient (Wildman–Crippen LogP) is 3.74. The van der Waals surface area contributed by atoms with Gasteiger partial charge >= 0.3 is 0 Å². The molecule has 1 aliphatic rings. The van der Waals surface area contributed by atoms with Gasteiger partial charge in [-0.05, 0) is 67.4 Å². The fraction of sp³-hybridized carbons (Fsp3) is 0.333. The first-order chi connectivity index (χ1) is 20.1. The largest absolute Gasteiger partial charge is 0.497 e. The zero-order valence-corrected chi connectivity index (χ0v) is 24.5. The number of benzene rings is 3. The molecule has 3 aromatic carbocycles. The molecule has 2 amide bonds. The van der Waals surface area contributed by atoms with Crippen molar-refractivity contribution in [3.63, 3.8) is 0 Å². The molecule has 0 unspecified atom stereocenters. The van der Waals surface area contributed by atoms with Gasteiger partial charge in [0.2, 0.25) is 11.8 Å². The Morgan fingerprint density at radius 2 is 1.67 bits per heavy atom. The van der Waals surface area contributed by atoms with Gasteiger partial charge in [-0.25, -0.2) is 12.8 Å². The average molecular weight is 600 g/mol. The normalized spacial score (nSPS) is 13.1. The first-order valence-corrected chi connectivity index (χ1v) is 15.0. The van der Waals surface area contributed by atoms with E-state index in [0.717, 1.165) is 16.4 Å². The molecule has 0 aliphatic carbocycles. The van der Waals surface area contributed by atoms with E-state index in [1.165, 1.54) is 42.3 Å². The van der Waals surface area contributed by atoms with Gasteiger partial charge in [-0.15, -0.1) is 0 Å². The van der Waals surface area contributed by atoms with Crippen LogP contribution in [0.4, 0.5) is 10.1 Å². The summed E-state index contributed by atoms with van der Waals surface area (Å²) in [6.07, 6.45) is 0.705. The zero-order chi connectivity index (χ0) is 30.3. The summed E-state index contributed by atoms with van der Waals surface area (Å²) in [5.74, 6) is -0.281. The fourth-order valence-electron chi connectivity index (χ4n) is 4.35.